The number of carbonyl (C=O) groups excluding carboxylic acids is 2. The number of alkyl halides is 3. The highest BCUT2D eigenvalue weighted by molar-refractivity contribution is 6.04. The molecule has 0 bridgehead atoms. The monoisotopic (exact) mass is 543 g/mol. The van der Waals surface area contributed by atoms with E-state index in [2.05, 4.69) is 10.3 Å². The molecule has 1 atom stereocenters. The number of hydrogen-bond donors (Lipinski definition) is 1. The van der Waals surface area contributed by atoms with Gasteiger partial charge in [-0.1, -0.05) is 74.0 Å². The lowest BCUT2D eigenvalue weighted by atomic mass is 9.90. The van der Waals surface area contributed by atoms with Gasteiger partial charge in [-0.15, -0.1) is 0 Å². The first-order chi connectivity index (χ1) is 19.3. The van der Waals surface area contributed by atoms with Crippen molar-refractivity contribution >= 4 is 17.5 Å². The summed E-state index contributed by atoms with van der Waals surface area (Å²) >= 11 is 0. The normalized spacial score (nSPS) is 13.8. The average Bonchev–Trinajstić information content (AvgIpc) is 3.30. The fourth-order valence-electron chi connectivity index (χ4n) is 5.18. The van der Waals surface area contributed by atoms with Crippen LogP contribution in [0, 0.1) is 0 Å². The first kappa shape index (κ1) is 27.1. The second-order valence-corrected chi connectivity index (χ2v) is 9.77. The van der Waals surface area contributed by atoms with Gasteiger partial charge in [0.05, 0.1) is 23.5 Å². The Bertz CT molecular complexity index is 1520. The molecule has 1 aliphatic rings. The van der Waals surface area contributed by atoms with Gasteiger partial charge in [0.15, 0.2) is 0 Å². The molecule has 0 aliphatic heterocycles. The van der Waals surface area contributed by atoms with Crippen molar-refractivity contribution in [1.29, 1.82) is 0 Å². The van der Waals surface area contributed by atoms with Gasteiger partial charge in [0.25, 0.3) is 5.91 Å². The molecule has 0 saturated carbocycles. The number of nitrogens with one attached hydrogen (secondary N) is 1. The number of rotatable bonds is 8. The fourth-order valence-corrected chi connectivity index (χ4v) is 5.18. The summed E-state index contributed by atoms with van der Waals surface area (Å²) in [6, 6.07) is 25.2. The third kappa shape index (κ3) is 5.61. The van der Waals surface area contributed by atoms with Gasteiger partial charge in [-0.25, -0.2) is 0 Å². The molecule has 2 amide bonds. The highest BCUT2D eigenvalue weighted by Gasteiger charge is 2.41. The Hall–Kier alpha value is -4.46. The van der Waals surface area contributed by atoms with Gasteiger partial charge in [0.2, 0.25) is 5.91 Å². The Labute approximate surface area is 230 Å². The van der Waals surface area contributed by atoms with Crippen molar-refractivity contribution in [1.82, 2.24) is 9.88 Å². The maximum absolute atomic E-state index is 13.9. The van der Waals surface area contributed by atoms with Crippen LogP contribution in [-0.2, 0) is 4.79 Å². The van der Waals surface area contributed by atoms with Crippen molar-refractivity contribution in [2.24, 2.45) is 0 Å². The highest BCUT2D eigenvalue weighted by atomic mass is 19.4. The summed E-state index contributed by atoms with van der Waals surface area (Å²) in [5.74, 6) is -1.73. The Morgan fingerprint density at radius 1 is 0.875 bits per heavy atom. The largest absolute Gasteiger partial charge is 0.406 e. The van der Waals surface area contributed by atoms with Crippen LogP contribution in [-0.4, -0.2) is 41.0 Å². The molecular formula is C32H28F3N3O2. The van der Waals surface area contributed by atoms with E-state index in [9.17, 15) is 22.8 Å². The maximum atomic E-state index is 13.9. The summed E-state index contributed by atoms with van der Waals surface area (Å²) in [4.78, 5) is 32.0. The van der Waals surface area contributed by atoms with Gasteiger partial charge < -0.3 is 10.2 Å². The quantitative estimate of drug-likeness (QED) is 0.254. The zero-order chi connectivity index (χ0) is 28.3. The number of anilines is 1. The SMILES string of the molecule is CCCCN(CC(F)(F)F)C(=O)C1c2ccccc2-c2cccc(-c3ccc(NC(=O)c4ccccc4)cn3)c21. The van der Waals surface area contributed by atoms with Gasteiger partial charge in [-0.3, -0.25) is 14.6 Å². The van der Waals surface area contributed by atoms with E-state index in [-0.39, 0.29) is 12.5 Å². The molecule has 5 rings (SSSR count). The number of benzene rings is 3. The molecule has 0 fully saturated rings. The van der Waals surface area contributed by atoms with E-state index in [1.54, 1.807) is 42.5 Å². The molecule has 0 radical (unpaired) electrons. The molecule has 1 unspecified atom stereocenters. The molecule has 8 heteroatoms. The van der Waals surface area contributed by atoms with Crippen LogP contribution in [0.3, 0.4) is 0 Å². The molecule has 0 spiro atoms. The number of aromatic nitrogens is 1. The average molecular weight is 544 g/mol. The van der Waals surface area contributed by atoms with Crippen molar-refractivity contribution in [2.45, 2.75) is 31.9 Å². The minimum absolute atomic E-state index is 0.0269. The van der Waals surface area contributed by atoms with Crippen molar-refractivity contribution in [3.63, 3.8) is 0 Å². The second-order valence-electron chi connectivity index (χ2n) is 9.77. The Kier molecular flexibility index (Phi) is 7.69. The number of fused-ring (bicyclic) bond motifs is 3. The molecule has 204 valence electrons. The molecule has 0 saturated heterocycles. The third-order valence-electron chi connectivity index (χ3n) is 7.00. The zero-order valence-corrected chi connectivity index (χ0v) is 21.9. The maximum Gasteiger partial charge on any atom is 0.406 e. The minimum atomic E-state index is -4.51. The summed E-state index contributed by atoms with van der Waals surface area (Å²) in [7, 11) is 0. The molecular weight excluding hydrogens is 515 g/mol. The van der Waals surface area contributed by atoms with E-state index >= 15 is 0 Å². The van der Waals surface area contributed by atoms with Gasteiger partial charge in [0, 0.05) is 17.7 Å². The summed E-state index contributed by atoms with van der Waals surface area (Å²) in [5.41, 5.74) is 5.18. The number of unbranched alkanes of at least 4 members (excludes halogenated alkanes) is 1. The second kappa shape index (κ2) is 11.3. The van der Waals surface area contributed by atoms with Gasteiger partial charge >= 0.3 is 6.18 Å². The number of carbonyl (C=O) groups is 2. The molecule has 1 aliphatic carbocycles. The predicted octanol–water partition coefficient (Wildman–Crippen LogP) is 7.30. The summed E-state index contributed by atoms with van der Waals surface area (Å²) < 4.78 is 40.6. The van der Waals surface area contributed by atoms with Gasteiger partial charge in [0.1, 0.15) is 6.54 Å². The van der Waals surface area contributed by atoms with Crippen LogP contribution in [0.1, 0.15) is 47.2 Å². The van der Waals surface area contributed by atoms with Crippen molar-refractivity contribution in [3.05, 3.63) is 108 Å². The van der Waals surface area contributed by atoms with Crippen LogP contribution < -0.4 is 5.32 Å². The Morgan fingerprint density at radius 2 is 1.57 bits per heavy atom. The standard InChI is InChI=1S/C32H28F3N3O2/c1-2-3-18-38(20-32(33,34)35)31(40)29-25-13-8-7-12-23(25)24-14-9-15-26(28(24)29)27-17-16-22(19-36-27)37-30(39)21-10-5-4-6-11-21/h4-17,19,29H,2-3,18,20H2,1H3,(H,37,39). The minimum Gasteiger partial charge on any atom is -0.333 e. The van der Waals surface area contributed by atoms with Crippen LogP contribution in [0.25, 0.3) is 22.4 Å². The molecule has 4 aromatic rings. The number of nitrogens with zero attached hydrogens (tertiary/aromatic N) is 2. The molecule has 1 heterocycles. The Morgan fingerprint density at radius 3 is 2.27 bits per heavy atom. The summed E-state index contributed by atoms with van der Waals surface area (Å²) in [5, 5.41) is 2.82. The molecule has 1 aromatic heterocycles. The van der Waals surface area contributed by atoms with E-state index in [0.29, 0.717) is 46.5 Å². The first-order valence-corrected chi connectivity index (χ1v) is 13.2. The molecule has 5 nitrogen and oxygen atoms in total. The van der Waals surface area contributed by atoms with E-state index in [1.807, 2.05) is 49.4 Å². The van der Waals surface area contributed by atoms with E-state index < -0.39 is 24.5 Å². The molecule has 3 aromatic carbocycles. The van der Waals surface area contributed by atoms with E-state index in [4.69, 9.17) is 0 Å². The summed E-state index contributed by atoms with van der Waals surface area (Å²) in [6.45, 7) is 0.612. The van der Waals surface area contributed by atoms with Crippen molar-refractivity contribution in [3.8, 4) is 22.4 Å². The van der Waals surface area contributed by atoms with Crippen molar-refractivity contribution in [2.75, 3.05) is 18.4 Å². The summed E-state index contributed by atoms with van der Waals surface area (Å²) in [6.07, 6.45) is -1.83. The van der Waals surface area contributed by atoms with Crippen LogP contribution in [0.5, 0.6) is 0 Å². The van der Waals surface area contributed by atoms with E-state index in [0.717, 1.165) is 16.0 Å². The number of amides is 2. The van der Waals surface area contributed by atoms with Crippen LogP contribution in [0.15, 0.2) is 91.1 Å². The number of pyridine rings is 1. The van der Waals surface area contributed by atoms with Crippen LogP contribution in [0.2, 0.25) is 0 Å². The third-order valence-corrected chi connectivity index (χ3v) is 7.00. The van der Waals surface area contributed by atoms with E-state index in [1.165, 1.54) is 6.20 Å². The lowest BCUT2D eigenvalue weighted by Crippen LogP contribution is -2.42. The van der Waals surface area contributed by atoms with Crippen LogP contribution in [0.4, 0.5) is 18.9 Å². The number of hydrogen-bond acceptors (Lipinski definition) is 3. The Balaban J connectivity index is 1.51. The topological polar surface area (TPSA) is 62.3 Å². The van der Waals surface area contributed by atoms with Crippen LogP contribution >= 0.6 is 0 Å². The zero-order valence-electron chi connectivity index (χ0n) is 21.9. The predicted molar refractivity (Wildman–Crippen MR) is 149 cm³/mol. The smallest absolute Gasteiger partial charge is 0.333 e. The lowest BCUT2D eigenvalue weighted by molar-refractivity contribution is -0.161. The van der Waals surface area contributed by atoms with Gasteiger partial charge in [-0.05, 0) is 52.9 Å². The lowest BCUT2D eigenvalue weighted by Gasteiger charge is -2.28. The highest BCUT2D eigenvalue weighted by Crippen LogP contribution is 2.49. The molecule has 1 N–H and O–H groups in total. The van der Waals surface area contributed by atoms with Gasteiger partial charge in [-0.2, -0.15) is 13.2 Å². The first-order valence-electron chi connectivity index (χ1n) is 13.2. The number of halogens is 3. The van der Waals surface area contributed by atoms with Crippen molar-refractivity contribution < 1.29 is 22.8 Å². The fraction of sp³-hybridized carbons (Fsp3) is 0.219. The molecule has 40 heavy (non-hydrogen) atoms.